The van der Waals surface area contributed by atoms with E-state index in [0.29, 0.717) is 0 Å². The highest BCUT2D eigenvalue weighted by Gasteiger charge is 2.24. The number of fused-ring (bicyclic) bond motifs is 1. The number of aromatic nitrogens is 2. The van der Waals surface area contributed by atoms with Crippen LogP contribution in [0.5, 0.6) is 0 Å². The Hall–Kier alpha value is -1.34. The first-order valence-corrected chi connectivity index (χ1v) is 9.08. The Balaban J connectivity index is 1.48. The van der Waals surface area contributed by atoms with Gasteiger partial charge in [0.1, 0.15) is 16.1 Å². The van der Waals surface area contributed by atoms with Gasteiger partial charge in [-0.15, -0.1) is 22.7 Å². The zero-order valence-electron chi connectivity index (χ0n) is 12.4. The van der Waals surface area contributed by atoms with Crippen molar-refractivity contribution in [2.24, 2.45) is 0 Å². The summed E-state index contributed by atoms with van der Waals surface area (Å²) in [6.45, 7) is 5.53. The van der Waals surface area contributed by atoms with Crippen LogP contribution in [0, 0.1) is 6.92 Å². The van der Waals surface area contributed by atoms with Gasteiger partial charge in [-0.25, -0.2) is 9.97 Å². The van der Waals surface area contributed by atoms with Crippen molar-refractivity contribution in [3.05, 3.63) is 45.4 Å². The molecule has 1 aliphatic heterocycles. The number of hydrogen-bond acceptors (Lipinski definition) is 6. The fraction of sp³-hybridized carbons (Fsp3) is 0.375. The van der Waals surface area contributed by atoms with Crippen LogP contribution in [0.15, 0.2) is 29.6 Å². The Morgan fingerprint density at radius 1 is 1.32 bits per heavy atom. The van der Waals surface area contributed by atoms with E-state index in [-0.39, 0.29) is 6.10 Å². The molecule has 1 saturated heterocycles. The predicted molar refractivity (Wildman–Crippen MR) is 90.4 cm³/mol. The highest BCUT2D eigenvalue weighted by molar-refractivity contribution is 7.18. The Morgan fingerprint density at radius 3 is 3.05 bits per heavy atom. The average molecular weight is 331 g/mol. The smallest absolute Gasteiger partial charge is 0.123 e. The summed E-state index contributed by atoms with van der Waals surface area (Å²) in [6, 6.07) is 8.33. The maximum absolute atomic E-state index is 5.89. The molecule has 0 bridgehead atoms. The van der Waals surface area contributed by atoms with E-state index in [0.717, 1.165) is 42.5 Å². The minimum atomic E-state index is 0.0989. The van der Waals surface area contributed by atoms with Crippen molar-refractivity contribution in [1.29, 1.82) is 0 Å². The second-order valence-corrected chi connectivity index (χ2v) is 7.50. The van der Waals surface area contributed by atoms with Crippen molar-refractivity contribution in [3.63, 3.8) is 0 Å². The first-order valence-electron chi connectivity index (χ1n) is 7.38. The Labute approximate surface area is 137 Å². The van der Waals surface area contributed by atoms with Crippen molar-refractivity contribution in [2.75, 3.05) is 19.7 Å². The topological polar surface area (TPSA) is 38.2 Å². The van der Waals surface area contributed by atoms with Crippen molar-refractivity contribution >= 4 is 32.9 Å². The van der Waals surface area contributed by atoms with Crippen molar-refractivity contribution in [3.8, 4) is 0 Å². The lowest BCUT2D eigenvalue weighted by Gasteiger charge is -2.31. The number of morpholine rings is 1. The second kappa shape index (κ2) is 6.04. The molecule has 0 aliphatic carbocycles. The van der Waals surface area contributed by atoms with Crippen molar-refractivity contribution in [2.45, 2.75) is 19.6 Å². The summed E-state index contributed by atoms with van der Waals surface area (Å²) in [5.41, 5.74) is 2.18. The summed E-state index contributed by atoms with van der Waals surface area (Å²) in [5, 5.41) is 4.36. The van der Waals surface area contributed by atoms with Gasteiger partial charge in [0.2, 0.25) is 0 Å². The van der Waals surface area contributed by atoms with Crippen molar-refractivity contribution < 1.29 is 4.74 Å². The maximum Gasteiger partial charge on any atom is 0.123 e. The molecule has 4 nitrogen and oxygen atoms in total. The number of aryl methyl sites for hydroxylation is 1. The SMILES string of the molecule is Cc1csc([C@@H]2CN(Cc3nc4ccccc4s3)CCO2)n1. The fourth-order valence-electron chi connectivity index (χ4n) is 2.69. The first kappa shape index (κ1) is 14.3. The average Bonchev–Trinajstić information content (AvgIpc) is 3.13. The summed E-state index contributed by atoms with van der Waals surface area (Å²) in [7, 11) is 0. The minimum Gasteiger partial charge on any atom is -0.368 e. The lowest BCUT2D eigenvalue weighted by Crippen LogP contribution is -2.37. The minimum absolute atomic E-state index is 0.0989. The zero-order valence-corrected chi connectivity index (χ0v) is 14.0. The van der Waals surface area contributed by atoms with Gasteiger partial charge in [0.25, 0.3) is 0 Å². The van der Waals surface area contributed by atoms with Crippen LogP contribution >= 0.6 is 22.7 Å². The van der Waals surface area contributed by atoms with E-state index in [1.165, 1.54) is 9.71 Å². The van der Waals surface area contributed by atoms with E-state index in [9.17, 15) is 0 Å². The molecule has 4 rings (SSSR count). The molecule has 0 spiro atoms. The Kier molecular flexibility index (Phi) is 3.92. The molecular formula is C16H17N3OS2. The zero-order chi connectivity index (χ0) is 14.9. The molecule has 0 radical (unpaired) electrons. The Morgan fingerprint density at radius 2 is 2.23 bits per heavy atom. The van der Waals surface area contributed by atoms with E-state index >= 15 is 0 Å². The van der Waals surface area contributed by atoms with Gasteiger partial charge in [-0.05, 0) is 19.1 Å². The normalized spacial score (nSPS) is 19.8. The summed E-state index contributed by atoms with van der Waals surface area (Å²) in [4.78, 5) is 11.7. The van der Waals surface area contributed by atoms with Crippen LogP contribution < -0.4 is 0 Å². The van der Waals surface area contributed by atoms with Gasteiger partial charge in [-0.1, -0.05) is 12.1 Å². The summed E-state index contributed by atoms with van der Waals surface area (Å²) in [5.74, 6) is 0. The molecule has 3 aromatic rings. The monoisotopic (exact) mass is 331 g/mol. The quantitative estimate of drug-likeness (QED) is 0.734. The second-order valence-electron chi connectivity index (χ2n) is 5.50. The molecule has 1 fully saturated rings. The third-order valence-electron chi connectivity index (χ3n) is 3.76. The molecule has 114 valence electrons. The van der Waals surface area contributed by atoms with Gasteiger partial charge in [0.15, 0.2) is 0 Å². The first-order chi connectivity index (χ1) is 10.8. The number of para-hydroxylation sites is 1. The van der Waals surface area contributed by atoms with Crippen LogP contribution in [0.4, 0.5) is 0 Å². The van der Waals surface area contributed by atoms with Gasteiger partial charge in [-0.2, -0.15) is 0 Å². The van der Waals surface area contributed by atoms with Gasteiger partial charge in [0, 0.05) is 24.2 Å². The summed E-state index contributed by atoms with van der Waals surface area (Å²) in [6.07, 6.45) is 0.0989. The van der Waals surface area contributed by atoms with E-state index in [1.54, 1.807) is 22.7 Å². The third-order valence-corrected chi connectivity index (χ3v) is 5.84. The summed E-state index contributed by atoms with van der Waals surface area (Å²) < 4.78 is 7.16. The van der Waals surface area contributed by atoms with Crippen LogP contribution in [-0.4, -0.2) is 34.6 Å². The van der Waals surface area contributed by atoms with Crippen LogP contribution in [0.3, 0.4) is 0 Å². The molecule has 3 heterocycles. The lowest BCUT2D eigenvalue weighted by molar-refractivity contribution is -0.0330. The van der Waals surface area contributed by atoms with Crippen molar-refractivity contribution in [1.82, 2.24) is 14.9 Å². The molecule has 0 amide bonds. The predicted octanol–water partition coefficient (Wildman–Crippen LogP) is 3.63. The van der Waals surface area contributed by atoms with E-state index < -0.39 is 0 Å². The molecule has 22 heavy (non-hydrogen) atoms. The summed E-state index contributed by atoms with van der Waals surface area (Å²) >= 11 is 3.48. The van der Waals surface area contributed by atoms with E-state index in [1.807, 2.05) is 13.0 Å². The molecule has 2 aromatic heterocycles. The van der Waals surface area contributed by atoms with Crippen LogP contribution in [0.2, 0.25) is 0 Å². The fourth-order valence-corrected chi connectivity index (χ4v) is 4.54. The lowest BCUT2D eigenvalue weighted by atomic mass is 10.3. The molecular weight excluding hydrogens is 314 g/mol. The number of ether oxygens (including phenoxy) is 1. The number of nitrogens with zero attached hydrogens (tertiary/aromatic N) is 3. The van der Waals surface area contributed by atoms with Crippen LogP contribution in [0.25, 0.3) is 10.2 Å². The maximum atomic E-state index is 5.89. The highest BCUT2D eigenvalue weighted by atomic mass is 32.1. The largest absolute Gasteiger partial charge is 0.368 e. The van der Waals surface area contributed by atoms with E-state index in [4.69, 9.17) is 9.72 Å². The number of thiazole rings is 2. The highest BCUT2D eigenvalue weighted by Crippen LogP contribution is 2.27. The van der Waals surface area contributed by atoms with Crippen LogP contribution in [-0.2, 0) is 11.3 Å². The number of hydrogen-bond donors (Lipinski definition) is 0. The van der Waals surface area contributed by atoms with E-state index in [2.05, 4.69) is 33.5 Å². The van der Waals surface area contributed by atoms with Crippen LogP contribution in [0.1, 0.15) is 21.8 Å². The Bertz CT molecular complexity index is 749. The molecule has 1 aliphatic rings. The number of rotatable bonds is 3. The molecule has 0 N–H and O–H groups in total. The molecule has 0 unspecified atom stereocenters. The number of benzene rings is 1. The third kappa shape index (κ3) is 2.92. The van der Waals surface area contributed by atoms with Gasteiger partial charge < -0.3 is 4.74 Å². The van der Waals surface area contributed by atoms with Gasteiger partial charge in [-0.3, -0.25) is 4.90 Å². The van der Waals surface area contributed by atoms with Gasteiger partial charge >= 0.3 is 0 Å². The standard InChI is InChI=1S/C16H17N3OS2/c1-11-10-21-16(17-11)13-8-19(6-7-20-13)9-15-18-12-4-2-3-5-14(12)22-15/h2-5,10,13H,6-9H2,1H3/t13-/m0/s1. The molecule has 1 atom stereocenters. The van der Waals surface area contributed by atoms with Gasteiger partial charge in [0.05, 0.1) is 23.4 Å². The molecule has 0 saturated carbocycles. The molecule has 1 aromatic carbocycles. The molecule has 6 heteroatoms.